The van der Waals surface area contributed by atoms with Crippen LogP contribution in [0.15, 0.2) is 48.5 Å². The average molecular weight is 625 g/mol. The van der Waals surface area contributed by atoms with E-state index in [1.807, 2.05) is 6.07 Å². The molecular formula is C31H24Cl2F2N4O4. The Morgan fingerprint density at radius 2 is 1.98 bits per heavy atom. The number of fused-ring (bicyclic) bond motifs is 6. The summed E-state index contributed by atoms with van der Waals surface area (Å²) in [6, 6.07) is 12.1. The highest BCUT2D eigenvalue weighted by molar-refractivity contribution is 6.31. The Morgan fingerprint density at radius 1 is 1.16 bits per heavy atom. The van der Waals surface area contributed by atoms with E-state index in [0.29, 0.717) is 45.6 Å². The number of likely N-dealkylation sites (tertiary alicyclic amines) is 1. The van der Waals surface area contributed by atoms with E-state index < -0.39 is 40.5 Å². The van der Waals surface area contributed by atoms with Crippen LogP contribution in [0.25, 0.3) is 10.9 Å². The van der Waals surface area contributed by atoms with Gasteiger partial charge in [0.15, 0.2) is 0 Å². The number of hydrogen-bond acceptors (Lipinski definition) is 5. The molecule has 220 valence electrons. The van der Waals surface area contributed by atoms with E-state index in [1.165, 1.54) is 12.1 Å². The van der Waals surface area contributed by atoms with Gasteiger partial charge in [-0.3, -0.25) is 9.69 Å². The summed E-state index contributed by atoms with van der Waals surface area (Å²) < 4.78 is 38.7. The van der Waals surface area contributed by atoms with E-state index in [2.05, 4.69) is 15.3 Å². The Morgan fingerprint density at radius 3 is 2.74 bits per heavy atom. The summed E-state index contributed by atoms with van der Waals surface area (Å²) in [6.07, 6.45) is 2.04. The molecule has 1 amide bonds. The summed E-state index contributed by atoms with van der Waals surface area (Å²) in [5.74, 6) is -3.62. The van der Waals surface area contributed by atoms with Gasteiger partial charge < -0.3 is 15.2 Å². The van der Waals surface area contributed by atoms with Crippen molar-refractivity contribution >= 4 is 51.7 Å². The maximum absolute atomic E-state index is 16.1. The number of nitrogens with one attached hydrogen (secondary N) is 1. The molecule has 3 aliphatic heterocycles. The van der Waals surface area contributed by atoms with Crippen LogP contribution in [-0.2, 0) is 16.9 Å². The van der Waals surface area contributed by atoms with Crippen LogP contribution in [0.4, 0.5) is 14.5 Å². The molecular weight excluding hydrogens is 601 g/mol. The van der Waals surface area contributed by atoms with Crippen molar-refractivity contribution in [3.63, 3.8) is 0 Å². The zero-order chi connectivity index (χ0) is 29.8. The molecule has 1 aromatic heterocycles. The number of aromatic carboxylic acids is 1. The molecule has 0 bridgehead atoms. The zero-order valence-electron chi connectivity index (χ0n) is 22.5. The Hall–Kier alpha value is -3.73. The summed E-state index contributed by atoms with van der Waals surface area (Å²) in [4.78, 5) is 28.3. The molecule has 0 radical (unpaired) electrons. The number of carboxylic acids is 1. The van der Waals surface area contributed by atoms with Gasteiger partial charge >= 0.3 is 5.97 Å². The number of aromatic nitrogens is 2. The summed E-state index contributed by atoms with van der Waals surface area (Å²) in [5, 5.41) is 17.9. The van der Waals surface area contributed by atoms with Crippen molar-refractivity contribution in [2.24, 2.45) is 11.8 Å². The van der Waals surface area contributed by atoms with Gasteiger partial charge in [0.05, 0.1) is 27.5 Å². The first-order valence-electron chi connectivity index (χ1n) is 14.1. The number of amides is 1. The second kappa shape index (κ2) is 9.38. The standard InChI is InChI=1S/C31H24Cl2F2N4O4/c32-15-6-7-20-24(8-15)36-30(42)31(20)26(16-2-1-3-21(33)27(16)35)19-12-39-28(43-13-25(19)38(31)11-14-4-5-14)18-9-17(29(40)41)22(34)10-23(18)37-39/h1-3,6-10,14,19,25-26H,4-5,11-13H2,(H,36,42)(H,40,41)/t19-,25+,26+,31-/m1/s1. The van der Waals surface area contributed by atoms with E-state index in [1.54, 1.807) is 28.9 Å². The lowest BCUT2D eigenvalue weighted by Gasteiger charge is -2.40. The molecule has 8 nitrogen and oxygen atoms in total. The van der Waals surface area contributed by atoms with Crippen LogP contribution in [0, 0.1) is 23.5 Å². The topological polar surface area (TPSA) is 96.7 Å². The number of halogens is 4. The van der Waals surface area contributed by atoms with Crippen LogP contribution in [0.1, 0.15) is 40.2 Å². The van der Waals surface area contributed by atoms with Crippen molar-refractivity contribution in [3.8, 4) is 5.88 Å². The first-order valence-corrected chi connectivity index (χ1v) is 14.8. The fraction of sp³-hybridized carbons (Fsp3) is 0.323. The molecule has 2 N–H and O–H groups in total. The molecule has 4 aromatic rings. The quantitative estimate of drug-likeness (QED) is 0.287. The van der Waals surface area contributed by atoms with Crippen LogP contribution in [0.5, 0.6) is 5.88 Å². The Balaban J connectivity index is 1.36. The molecule has 4 heterocycles. The molecule has 1 saturated carbocycles. The molecule has 8 rings (SSSR count). The number of carbonyl (C=O) groups is 2. The van der Waals surface area contributed by atoms with Gasteiger partial charge in [-0.25, -0.2) is 18.3 Å². The van der Waals surface area contributed by atoms with Crippen LogP contribution < -0.4 is 10.1 Å². The van der Waals surface area contributed by atoms with Crippen molar-refractivity contribution in [3.05, 3.63) is 86.9 Å². The fourth-order valence-electron chi connectivity index (χ4n) is 7.54. The van der Waals surface area contributed by atoms with Crippen LogP contribution in [-0.4, -0.2) is 50.9 Å². The molecule has 4 aliphatic rings. The Bertz CT molecular complexity index is 1880. The summed E-state index contributed by atoms with van der Waals surface area (Å²) in [7, 11) is 0. The number of rotatable bonds is 4. The fourth-order valence-corrected chi connectivity index (χ4v) is 7.89. The second-order valence-corrected chi connectivity index (χ2v) is 12.7. The Labute approximate surface area is 254 Å². The van der Waals surface area contributed by atoms with Crippen molar-refractivity contribution in [1.82, 2.24) is 14.7 Å². The van der Waals surface area contributed by atoms with Gasteiger partial charge in [-0.05, 0) is 48.6 Å². The second-order valence-electron chi connectivity index (χ2n) is 11.8. The third-order valence-corrected chi connectivity index (χ3v) is 9.99. The average Bonchev–Trinajstić information content (AvgIpc) is 3.63. The van der Waals surface area contributed by atoms with Gasteiger partial charge in [-0.2, -0.15) is 5.10 Å². The summed E-state index contributed by atoms with van der Waals surface area (Å²) in [5.41, 5.74) is 0.0480. The third kappa shape index (κ3) is 3.79. The first-order chi connectivity index (χ1) is 20.7. The molecule has 2 fully saturated rings. The minimum Gasteiger partial charge on any atom is -0.478 e. The molecule has 12 heteroatoms. The predicted octanol–water partition coefficient (Wildman–Crippen LogP) is 6.05. The number of anilines is 1. The zero-order valence-corrected chi connectivity index (χ0v) is 24.0. The molecule has 3 aromatic carbocycles. The highest BCUT2D eigenvalue weighted by atomic mass is 35.5. The molecule has 4 atom stereocenters. The SMILES string of the molecule is O=C(O)c1cc2c3n(nc2cc1F)C[C@@H]1[C@H](CO3)N(CC2CC2)[C@@]2(C(=O)Nc3cc(Cl)ccc32)[C@H]1c1cccc(Cl)c1F. The largest absolute Gasteiger partial charge is 0.478 e. The van der Waals surface area contributed by atoms with Gasteiger partial charge in [0.2, 0.25) is 11.8 Å². The molecule has 0 unspecified atom stereocenters. The van der Waals surface area contributed by atoms with Crippen molar-refractivity contribution in [2.75, 3.05) is 18.5 Å². The van der Waals surface area contributed by atoms with Gasteiger partial charge in [-0.15, -0.1) is 0 Å². The highest BCUT2D eigenvalue weighted by Crippen LogP contribution is 2.61. The number of carbonyl (C=O) groups excluding carboxylic acids is 1. The first kappa shape index (κ1) is 26.9. The molecule has 1 spiro atoms. The lowest BCUT2D eigenvalue weighted by Crippen LogP contribution is -2.53. The van der Waals surface area contributed by atoms with E-state index in [-0.39, 0.29) is 35.6 Å². The third-order valence-electron chi connectivity index (χ3n) is 9.46. The summed E-state index contributed by atoms with van der Waals surface area (Å²) >= 11 is 12.7. The van der Waals surface area contributed by atoms with E-state index in [4.69, 9.17) is 27.9 Å². The minimum absolute atomic E-state index is 0.0494. The normalized spacial score (nSPS) is 26.1. The predicted molar refractivity (Wildman–Crippen MR) is 155 cm³/mol. The lowest BCUT2D eigenvalue weighted by atomic mass is 9.71. The molecule has 1 saturated heterocycles. The lowest BCUT2D eigenvalue weighted by molar-refractivity contribution is -0.128. The van der Waals surface area contributed by atoms with Crippen molar-refractivity contribution in [2.45, 2.75) is 36.9 Å². The number of benzene rings is 3. The van der Waals surface area contributed by atoms with E-state index >= 15 is 4.39 Å². The van der Waals surface area contributed by atoms with Crippen molar-refractivity contribution in [1.29, 1.82) is 0 Å². The van der Waals surface area contributed by atoms with Gasteiger partial charge in [-0.1, -0.05) is 41.4 Å². The highest BCUT2D eigenvalue weighted by Gasteiger charge is 2.68. The minimum atomic E-state index is -1.40. The van der Waals surface area contributed by atoms with Crippen molar-refractivity contribution < 1.29 is 28.2 Å². The van der Waals surface area contributed by atoms with Gasteiger partial charge in [0, 0.05) is 47.3 Å². The molecule has 43 heavy (non-hydrogen) atoms. The maximum atomic E-state index is 16.1. The smallest absolute Gasteiger partial charge is 0.338 e. The number of ether oxygens (including phenoxy) is 1. The number of carboxylic acid groups (broad SMARTS) is 1. The van der Waals surface area contributed by atoms with Crippen LogP contribution in [0.2, 0.25) is 10.0 Å². The van der Waals surface area contributed by atoms with Crippen LogP contribution in [0.3, 0.4) is 0 Å². The molecule has 1 aliphatic carbocycles. The monoisotopic (exact) mass is 624 g/mol. The number of nitrogens with zero attached hydrogens (tertiary/aromatic N) is 3. The maximum Gasteiger partial charge on any atom is 0.338 e. The van der Waals surface area contributed by atoms with E-state index in [0.717, 1.165) is 18.9 Å². The van der Waals surface area contributed by atoms with Crippen LogP contribution >= 0.6 is 23.2 Å². The Kier molecular flexibility index (Phi) is 5.86. The van der Waals surface area contributed by atoms with E-state index in [9.17, 15) is 19.1 Å². The number of hydrogen-bond donors (Lipinski definition) is 2. The van der Waals surface area contributed by atoms with Gasteiger partial charge in [0.25, 0.3) is 0 Å². The summed E-state index contributed by atoms with van der Waals surface area (Å²) in [6.45, 7) is 0.916. The van der Waals surface area contributed by atoms with Gasteiger partial charge in [0.1, 0.15) is 23.8 Å².